The number of amides is 1. The molecule has 1 rings (SSSR count). The summed E-state index contributed by atoms with van der Waals surface area (Å²) in [7, 11) is 1.89. The van der Waals surface area contributed by atoms with E-state index < -0.39 is 5.54 Å². The van der Waals surface area contributed by atoms with Crippen LogP contribution in [0.5, 0.6) is 0 Å². The maximum absolute atomic E-state index is 11.8. The zero-order valence-corrected chi connectivity index (χ0v) is 10.4. The van der Waals surface area contributed by atoms with Crippen LogP contribution in [0.2, 0.25) is 0 Å². The lowest BCUT2D eigenvalue weighted by Crippen LogP contribution is -2.64. The van der Waals surface area contributed by atoms with Gasteiger partial charge in [0, 0.05) is 5.92 Å². The molecule has 1 heterocycles. The Bertz CT molecular complexity index is 278. The highest BCUT2D eigenvalue weighted by Gasteiger charge is 2.49. The van der Waals surface area contributed by atoms with E-state index in [1.807, 2.05) is 25.8 Å². The van der Waals surface area contributed by atoms with Crippen LogP contribution >= 0.6 is 0 Å². The standard InChI is InChI=1S/C12H22N2O2/c1-9(2)10(8-15)12(11(13)16)6-4-5-7-14(12)3/h8-10H,4-7H2,1-3H3,(H2,13,16). The van der Waals surface area contributed by atoms with Gasteiger partial charge in [0.15, 0.2) is 0 Å². The Balaban J connectivity index is 3.12. The first-order valence-electron chi connectivity index (χ1n) is 5.93. The fourth-order valence-electron chi connectivity index (χ4n) is 2.85. The van der Waals surface area contributed by atoms with E-state index in [1.54, 1.807) is 0 Å². The summed E-state index contributed by atoms with van der Waals surface area (Å²) in [6, 6.07) is 0. The third-order valence-corrected chi connectivity index (χ3v) is 3.83. The van der Waals surface area contributed by atoms with Gasteiger partial charge in [0.25, 0.3) is 0 Å². The molecule has 1 aliphatic heterocycles. The lowest BCUT2D eigenvalue weighted by Gasteiger charge is -2.47. The number of piperidine rings is 1. The van der Waals surface area contributed by atoms with Crippen LogP contribution in [0.15, 0.2) is 0 Å². The lowest BCUT2D eigenvalue weighted by atomic mass is 9.71. The van der Waals surface area contributed by atoms with Crippen LogP contribution in [0, 0.1) is 11.8 Å². The van der Waals surface area contributed by atoms with Gasteiger partial charge in [-0.2, -0.15) is 0 Å². The van der Waals surface area contributed by atoms with Gasteiger partial charge >= 0.3 is 0 Å². The number of primary amides is 1. The van der Waals surface area contributed by atoms with Crippen molar-refractivity contribution in [3.8, 4) is 0 Å². The number of carbonyl (C=O) groups excluding carboxylic acids is 2. The average Bonchev–Trinajstić information content (AvgIpc) is 2.21. The topological polar surface area (TPSA) is 63.4 Å². The summed E-state index contributed by atoms with van der Waals surface area (Å²) in [5.74, 6) is -0.540. The molecule has 4 nitrogen and oxygen atoms in total. The van der Waals surface area contributed by atoms with Crippen molar-refractivity contribution in [2.24, 2.45) is 17.6 Å². The third-order valence-electron chi connectivity index (χ3n) is 3.83. The smallest absolute Gasteiger partial charge is 0.238 e. The van der Waals surface area contributed by atoms with Crippen LogP contribution in [-0.2, 0) is 9.59 Å². The van der Waals surface area contributed by atoms with Crippen molar-refractivity contribution < 1.29 is 9.59 Å². The third kappa shape index (κ3) is 1.98. The van der Waals surface area contributed by atoms with Crippen LogP contribution < -0.4 is 5.73 Å². The Morgan fingerprint density at radius 1 is 1.44 bits per heavy atom. The maximum atomic E-state index is 11.8. The van der Waals surface area contributed by atoms with E-state index in [0.29, 0.717) is 6.42 Å². The molecule has 16 heavy (non-hydrogen) atoms. The summed E-state index contributed by atoms with van der Waals surface area (Å²) in [4.78, 5) is 25.0. The molecule has 92 valence electrons. The first kappa shape index (κ1) is 13.2. The van der Waals surface area contributed by atoms with Crippen molar-refractivity contribution in [1.82, 2.24) is 4.90 Å². The number of aldehydes is 1. The van der Waals surface area contributed by atoms with Gasteiger partial charge in [-0.1, -0.05) is 13.8 Å². The van der Waals surface area contributed by atoms with Crippen molar-refractivity contribution in [3.63, 3.8) is 0 Å². The number of hydrogen-bond acceptors (Lipinski definition) is 3. The van der Waals surface area contributed by atoms with E-state index in [2.05, 4.69) is 0 Å². The molecular formula is C12H22N2O2. The van der Waals surface area contributed by atoms with E-state index in [9.17, 15) is 9.59 Å². The molecule has 0 aromatic heterocycles. The van der Waals surface area contributed by atoms with Gasteiger partial charge in [0.2, 0.25) is 5.91 Å². The molecule has 1 amide bonds. The molecule has 0 bridgehead atoms. The fraction of sp³-hybridized carbons (Fsp3) is 0.833. The van der Waals surface area contributed by atoms with Crippen molar-refractivity contribution in [3.05, 3.63) is 0 Å². The molecule has 0 aromatic rings. The molecule has 0 spiro atoms. The summed E-state index contributed by atoms with van der Waals surface area (Å²) < 4.78 is 0. The Morgan fingerprint density at radius 2 is 2.06 bits per heavy atom. The molecule has 0 saturated carbocycles. The quantitative estimate of drug-likeness (QED) is 0.721. The van der Waals surface area contributed by atoms with Crippen LogP contribution in [0.1, 0.15) is 33.1 Å². The second-order valence-corrected chi connectivity index (χ2v) is 5.07. The molecule has 2 N–H and O–H groups in total. The first-order valence-corrected chi connectivity index (χ1v) is 5.93. The van der Waals surface area contributed by atoms with Gasteiger partial charge in [-0.25, -0.2) is 0 Å². The van der Waals surface area contributed by atoms with Gasteiger partial charge in [0.1, 0.15) is 11.8 Å². The van der Waals surface area contributed by atoms with Crippen molar-refractivity contribution in [2.45, 2.75) is 38.6 Å². The monoisotopic (exact) mass is 226 g/mol. The highest BCUT2D eigenvalue weighted by molar-refractivity contribution is 5.88. The Labute approximate surface area is 97.2 Å². The molecule has 2 atom stereocenters. The highest BCUT2D eigenvalue weighted by Crippen LogP contribution is 2.36. The Hall–Kier alpha value is -0.900. The zero-order valence-electron chi connectivity index (χ0n) is 10.4. The summed E-state index contributed by atoms with van der Waals surface area (Å²) >= 11 is 0. The van der Waals surface area contributed by atoms with E-state index in [4.69, 9.17) is 5.73 Å². The van der Waals surface area contributed by atoms with Crippen molar-refractivity contribution >= 4 is 12.2 Å². The van der Waals surface area contributed by atoms with Crippen LogP contribution in [0.25, 0.3) is 0 Å². The minimum atomic E-state index is -0.770. The Morgan fingerprint density at radius 3 is 2.44 bits per heavy atom. The second kappa shape index (κ2) is 4.95. The molecule has 1 fully saturated rings. The number of nitrogens with two attached hydrogens (primary N) is 1. The van der Waals surface area contributed by atoms with Gasteiger partial charge in [-0.15, -0.1) is 0 Å². The number of hydrogen-bond donors (Lipinski definition) is 1. The zero-order chi connectivity index (χ0) is 12.3. The van der Waals surface area contributed by atoms with E-state index in [0.717, 1.165) is 25.7 Å². The van der Waals surface area contributed by atoms with Crippen LogP contribution in [0.3, 0.4) is 0 Å². The summed E-state index contributed by atoms with van der Waals surface area (Å²) in [5, 5.41) is 0. The molecule has 4 heteroatoms. The van der Waals surface area contributed by atoms with Crippen molar-refractivity contribution in [2.75, 3.05) is 13.6 Å². The SMILES string of the molecule is CC(C)C(C=O)C1(C(N)=O)CCCCN1C. The summed E-state index contributed by atoms with van der Waals surface area (Å²) in [6.07, 6.45) is 3.62. The highest BCUT2D eigenvalue weighted by atomic mass is 16.2. The van der Waals surface area contributed by atoms with Crippen LogP contribution in [0.4, 0.5) is 0 Å². The molecule has 0 radical (unpaired) electrons. The number of rotatable bonds is 4. The first-order chi connectivity index (χ1) is 7.46. The Kier molecular flexibility index (Phi) is 4.08. The van der Waals surface area contributed by atoms with Gasteiger partial charge < -0.3 is 10.5 Å². The largest absolute Gasteiger partial charge is 0.368 e. The average molecular weight is 226 g/mol. The molecule has 2 unspecified atom stereocenters. The van der Waals surface area contributed by atoms with E-state index >= 15 is 0 Å². The van der Waals surface area contributed by atoms with E-state index in [1.165, 1.54) is 0 Å². The minimum Gasteiger partial charge on any atom is -0.368 e. The number of carbonyl (C=O) groups is 2. The van der Waals surface area contributed by atoms with Gasteiger partial charge in [-0.3, -0.25) is 9.69 Å². The molecule has 0 aromatic carbocycles. The van der Waals surface area contributed by atoms with E-state index in [-0.39, 0.29) is 17.7 Å². The van der Waals surface area contributed by atoms with Crippen LogP contribution in [-0.4, -0.2) is 36.2 Å². The van der Waals surface area contributed by atoms with Gasteiger partial charge in [0.05, 0.1) is 0 Å². The normalized spacial score (nSPS) is 29.0. The molecular weight excluding hydrogens is 204 g/mol. The number of likely N-dealkylation sites (tertiary alicyclic amines) is 1. The summed E-state index contributed by atoms with van der Waals surface area (Å²) in [6.45, 7) is 4.76. The predicted octanol–water partition coefficient (Wildman–Crippen LogP) is 0.797. The summed E-state index contributed by atoms with van der Waals surface area (Å²) in [5.41, 5.74) is 4.80. The molecule has 1 saturated heterocycles. The second-order valence-electron chi connectivity index (χ2n) is 5.07. The number of likely N-dealkylation sites (N-methyl/N-ethyl adjacent to an activating group) is 1. The maximum Gasteiger partial charge on any atom is 0.238 e. The molecule has 1 aliphatic rings. The number of nitrogens with zero attached hydrogens (tertiary/aromatic N) is 1. The molecule has 0 aliphatic carbocycles. The van der Waals surface area contributed by atoms with Crippen molar-refractivity contribution in [1.29, 1.82) is 0 Å². The minimum absolute atomic E-state index is 0.130. The fourth-order valence-corrected chi connectivity index (χ4v) is 2.85. The van der Waals surface area contributed by atoms with Gasteiger partial charge in [-0.05, 0) is 38.8 Å². The lowest BCUT2D eigenvalue weighted by molar-refractivity contribution is -0.142. The predicted molar refractivity (Wildman–Crippen MR) is 62.8 cm³/mol.